The number of benzene rings is 1. The van der Waals surface area contributed by atoms with Crippen LogP contribution in [0.25, 0.3) is 0 Å². The molecule has 19 heavy (non-hydrogen) atoms. The molecule has 0 spiro atoms. The van der Waals surface area contributed by atoms with E-state index in [1.807, 2.05) is 19.9 Å². The first kappa shape index (κ1) is 14.9. The zero-order valence-electron chi connectivity index (χ0n) is 11.8. The van der Waals surface area contributed by atoms with Crippen molar-refractivity contribution in [3.63, 3.8) is 0 Å². The Morgan fingerprint density at radius 1 is 1.26 bits per heavy atom. The van der Waals surface area contributed by atoms with Gasteiger partial charge in [0.1, 0.15) is 5.82 Å². The molecule has 0 heterocycles. The van der Waals surface area contributed by atoms with Crippen molar-refractivity contribution in [2.75, 3.05) is 5.75 Å². The van der Waals surface area contributed by atoms with E-state index in [2.05, 4.69) is 0 Å². The van der Waals surface area contributed by atoms with Gasteiger partial charge in [-0.1, -0.05) is 25.3 Å². The molecular weight excluding hydrogens is 259 g/mol. The minimum atomic E-state index is -0.687. The maximum Gasteiger partial charge on any atom is 0.129 e. The molecule has 1 saturated carbocycles. The molecule has 1 fully saturated rings. The van der Waals surface area contributed by atoms with Crippen LogP contribution in [0.5, 0.6) is 0 Å². The summed E-state index contributed by atoms with van der Waals surface area (Å²) in [6.45, 7) is 3.75. The molecule has 1 aliphatic rings. The van der Waals surface area contributed by atoms with Crippen LogP contribution >= 0.6 is 11.8 Å². The predicted molar refractivity (Wildman–Crippen MR) is 80.2 cm³/mol. The molecule has 3 heteroatoms. The van der Waals surface area contributed by atoms with Gasteiger partial charge in [0.25, 0.3) is 0 Å². The summed E-state index contributed by atoms with van der Waals surface area (Å²) in [5.74, 6) is 0.333. The summed E-state index contributed by atoms with van der Waals surface area (Å²) in [4.78, 5) is 0. The second-order valence-electron chi connectivity index (χ2n) is 5.59. The van der Waals surface area contributed by atoms with Gasteiger partial charge in [0, 0.05) is 16.6 Å². The van der Waals surface area contributed by atoms with Crippen molar-refractivity contribution in [3.05, 3.63) is 34.6 Å². The Morgan fingerprint density at radius 3 is 2.58 bits per heavy atom. The van der Waals surface area contributed by atoms with Crippen molar-refractivity contribution in [1.82, 2.24) is 0 Å². The first-order chi connectivity index (χ1) is 9.08. The highest BCUT2D eigenvalue weighted by molar-refractivity contribution is 7.99. The van der Waals surface area contributed by atoms with Gasteiger partial charge in [-0.25, -0.2) is 4.39 Å². The maximum atomic E-state index is 14.0. The molecule has 0 amide bonds. The van der Waals surface area contributed by atoms with E-state index in [1.165, 1.54) is 38.2 Å². The van der Waals surface area contributed by atoms with Gasteiger partial charge in [-0.3, -0.25) is 0 Å². The summed E-state index contributed by atoms with van der Waals surface area (Å²) >= 11 is 1.81. The molecule has 1 aliphatic carbocycles. The van der Waals surface area contributed by atoms with Crippen LogP contribution in [0, 0.1) is 19.7 Å². The molecule has 1 aromatic carbocycles. The van der Waals surface area contributed by atoms with Crippen LogP contribution in [-0.2, 0) is 0 Å². The van der Waals surface area contributed by atoms with Crippen LogP contribution in [0.2, 0.25) is 0 Å². The van der Waals surface area contributed by atoms with E-state index in [0.717, 1.165) is 11.1 Å². The molecule has 0 saturated heterocycles. The SMILES string of the molecule is Cc1cc(C)c(C(O)CSC2CCCCC2)c(F)c1. The molecular formula is C16H23FOS. The minimum Gasteiger partial charge on any atom is -0.387 e. The van der Waals surface area contributed by atoms with Gasteiger partial charge in [-0.2, -0.15) is 11.8 Å². The topological polar surface area (TPSA) is 20.2 Å². The quantitative estimate of drug-likeness (QED) is 0.874. The van der Waals surface area contributed by atoms with E-state index in [-0.39, 0.29) is 5.82 Å². The van der Waals surface area contributed by atoms with Crippen LogP contribution in [0.4, 0.5) is 4.39 Å². The molecule has 1 unspecified atom stereocenters. The number of rotatable bonds is 4. The molecule has 0 aliphatic heterocycles. The van der Waals surface area contributed by atoms with Crippen LogP contribution in [0.15, 0.2) is 12.1 Å². The number of thioether (sulfide) groups is 1. The van der Waals surface area contributed by atoms with Crippen LogP contribution in [-0.4, -0.2) is 16.1 Å². The summed E-state index contributed by atoms with van der Waals surface area (Å²) in [5.41, 5.74) is 2.24. The summed E-state index contributed by atoms with van der Waals surface area (Å²) in [6.07, 6.45) is 5.73. The second-order valence-corrected chi connectivity index (χ2v) is 6.92. The van der Waals surface area contributed by atoms with Crippen LogP contribution in [0.3, 0.4) is 0 Å². The van der Waals surface area contributed by atoms with Crippen molar-refractivity contribution < 1.29 is 9.50 Å². The molecule has 0 bridgehead atoms. The Balaban J connectivity index is 1.97. The monoisotopic (exact) mass is 282 g/mol. The average Bonchev–Trinajstić information content (AvgIpc) is 2.36. The number of aryl methyl sites for hydroxylation is 2. The molecule has 106 valence electrons. The predicted octanol–water partition coefficient (Wildman–Crippen LogP) is 4.54. The van der Waals surface area contributed by atoms with Gasteiger partial charge in [0.05, 0.1) is 6.10 Å². The van der Waals surface area contributed by atoms with Gasteiger partial charge in [0.2, 0.25) is 0 Å². The third-order valence-corrected chi connectivity index (χ3v) is 5.31. The molecule has 1 atom stereocenters. The van der Waals surface area contributed by atoms with E-state index in [0.29, 0.717) is 16.6 Å². The van der Waals surface area contributed by atoms with E-state index in [1.54, 1.807) is 11.8 Å². The highest BCUT2D eigenvalue weighted by Crippen LogP contribution is 2.32. The molecule has 1 nitrogen and oxygen atoms in total. The van der Waals surface area contributed by atoms with Crippen molar-refractivity contribution in [2.45, 2.75) is 57.3 Å². The van der Waals surface area contributed by atoms with Gasteiger partial charge < -0.3 is 5.11 Å². The third-order valence-electron chi connectivity index (χ3n) is 3.86. The number of hydrogen-bond donors (Lipinski definition) is 1. The van der Waals surface area contributed by atoms with E-state index < -0.39 is 6.10 Å². The van der Waals surface area contributed by atoms with Crippen molar-refractivity contribution in [2.24, 2.45) is 0 Å². The lowest BCUT2D eigenvalue weighted by molar-refractivity contribution is 0.198. The second kappa shape index (κ2) is 6.76. The molecule has 1 aromatic rings. The Bertz CT molecular complexity index is 404. The van der Waals surface area contributed by atoms with Gasteiger partial charge in [-0.05, 0) is 43.9 Å². The summed E-state index contributed by atoms with van der Waals surface area (Å²) in [7, 11) is 0. The highest BCUT2D eigenvalue weighted by atomic mass is 32.2. The standard InChI is InChI=1S/C16H23FOS/c1-11-8-12(2)16(14(17)9-11)15(18)10-19-13-6-4-3-5-7-13/h8-9,13,15,18H,3-7,10H2,1-2H3. The van der Waals surface area contributed by atoms with E-state index in [4.69, 9.17) is 0 Å². The van der Waals surface area contributed by atoms with E-state index >= 15 is 0 Å². The lowest BCUT2D eigenvalue weighted by Crippen LogP contribution is -2.13. The third kappa shape index (κ3) is 3.96. The van der Waals surface area contributed by atoms with Gasteiger partial charge >= 0.3 is 0 Å². The zero-order valence-corrected chi connectivity index (χ0v) is 12.6. The fourth-order valence-corrected chi connectivity index (χ4v) is 4.18. The molecule has 0 radical (unpaired) electrons. The first-order valence-electron chi connectivity index (χ1n) is 7.14. The van der Waals surface area contributed by atoms with Crippen molar-refractivity contribution in [3.8, 4) is 0 Å². The Kier molecular flexibility index (Phi) is 5.28. The number of aliphatic hydroxyl groups is 1. The number of aliphatic hydroxyl groups excluding tert-OH is 1. The normalized spacial score (nSPS) is 18.5. The van der Waals surface area contributed by atoms with Crippen LogP contribution < -0.4 is 0 Å². The molecule has 1 N–H and O–H groups in total. The first-order valence-corrected chi connectivity index (χ1v) is 8.19. The lowest BCUT2D eigenvalue weighted by atomic mass is 10.0. The number of halogens is 1. The largest absolute Gasteiger partial charge is 0.387 e. The average molecular weight is 282 g/mol. The highest BCUT2D eigenvalue weighted by Gasteiger charge is 2.19. The van der Waals surface area contributed by atoms with Gasteiger partial charge in [-0.15, -0.1) is 0 Å². The lowest BCUT2D eigenvalue weighted by Gasteiger charge is -2.23. The number of hydrogen-bond acceptors (Lipinski definition) is 2. The van der Waals surface area contributed by atoms with E-state index in [9.17, 15) is 9.50 Å². The fourth-order valence-electron chi connectivity index (χ4n) is 2.89. The molecule has 2 rings (SSSR count). The Hall–Kier alpha value is -0.540. The van der Waals surface area contributed by atoms with Crippen LogP contribution in [0.1, 0.15) is 54.9 Å². The fraction of sp³-hybridized carbons (Fsp3) is 0.625. The summed E-state index contributed by atoms with van der Waals surface area (Å²) in [5, 5.41) is 10.9. The summed E-state index contributed by atoms with van der Waals surface area (Å²) < 4.78 is 14.0. The molecule has 0 aromatic heterocycles. The van der Waals surface area contributed by atoms with Crippen molar-refractivity contribution in [1.29, 1.82) is 0 Å². The Morgan fingerprint density at radius 2 is 1.95 bits per heavy atom. The van der Waals surface area contributed by atoms with Crippen molar-refractivity contribution >= 4 is 11.8 Å². The zero-order chi connectivity index (χ0) is 13.8. The maximum absolute atomic E-state index is 14.0. The smallest absolute Gasteiger partial charge is 0.129 e. The minimum absolute atomic E-state index is 0.269. The Labute approximate surface area is 119 Å². The summed E-state index contributed by atoms with van der Waals surface area (Å²) in [6, 6.07) is 3.45. The van der Waals surface area contributed by atoms with Gasteiger partial charge in [0.15, 0.2) is 0 Å².